The van der Waals surface area contributed by atoms with Crippen LogP contribution in [0.4, 0.5) is 0 Å². The number of carboxylic acids is 1. The number of primary amides is 1. The van der Waals surface area contributed by atoms with Crippen LogP contribution in [-0.4, -0.2) is 35.6 Å². The number of nitrogens with two attached hydrogens (primary N) is 1. The van der Waals surface area contributed by atoms with Gasteiger partial charge in [-0.15, -0.1) is 0 Å². The molecule has 18 heavy (non-hydrogen) atoms. The summed E-state index contributed by atoms with van der Waals surface area (Å²) in [7, 11) is 0. The standard InChI is InChI=1S/C10H13N3O5/c1-2-18-10(17)6(4-11)5-13-7(9(15)16)3-8(12)14/h5,7,13H,2-3H2,1H3,(H2,12,14)(H,15,16)/b6-5-. The van der Waals surface area contributed by atoms with E-state index in [1.807, 2.05) is 0 Å². The molecule has 0 spiro atoms. The van der Waals surface area contributed by atoms with E-state index in [9.17, 15) is 14.4 Å². The largest absolute Gasteiger partial charge is 0.480 e. The summed E-state index contributed by atoms with van der Waals surface area (Å²) in [4.78, 5) is 32.5. The van der Waals surface area contributed by atoms with E-state index in [2.05, 4.69) is 10.1 Å². The molecule has 4 N–H and O–H groups in total. The molecule has 1 amide bonds. The Kier molecular flexibility index (Phi) is 6.58. The molecule has 0 rings (SSSR count). The second-order valence-corrected chi connectivity index (χ2v) is 3.12. The first-order valence-corrected chi connectivity index (χ1v) is 4.96. The number of amides is 1. The van der Waals surface area contributed by atoms with Gasteiger partial charge in [-0.3, -0.25) is 4.79 Å². The molecule has 0 saturated heterocycles. The van der Waals surface area contributed by atoms with Crippen molar-refractivity contribution in [3.05, 3.63) is 11.8 Å². The maximum atomic E-state index is 11.2. The second kappa shape index (κ2) is 7.67. The van der Waals surface area contributed by atoms with Crippen LogP contribution < -0.4 is 11.1 Å². The molecule has 0 aromatic carbocycles. The van der Waals surface area contributed by atoms with E-state index in [0.29, 0.717) is 0 Å². The van der Waals surface area contributed by atoms with Crippen molar-refractivity contribution in [2.45, 2.75) is 19.4 Å². The minimum Gasteiger partial charge on any atom is -0.480 e. The third-order valence-corrected chi connectivity index (χ3v) is 1.75. The first-order chi connectivity index (χ1) is 8.42. The van der Waals surface area contributed by atoms with Crippen LogP contribution in [0.15, 0.2) is 11.8 Å². The Balaban J connectivity index is 4.73. The SMILES string of the molecule is CCOC(=O)/C(C#N)=C\NC(CC(N)=O)C(=O)O. The molecule has 0 radical (unpaired) electrons. The lowest BCUT2D eigenvalue weighted by atomic mass is 10.2. The van der Waals surface area contributed by atoms with Gasteiger partial charge in [0, 0.05) is 6.20 Å². The van der Waals surface area contributed by atoms with E-state index >= 15 is 0 Å². The number of carboxylic acid groups (broad SMARTS) is 1. The smallest absolute Gasteiger partial charge is 0.350 e. The summed E-state index contributed by atoms with van der Waals surface area (Å²) in [6.45, 7) is 1.65. The molecular formula is C10H13N3O5. The van der Waals surface area contributed by atoms with Gasteiger partial charge >= 0.3 is 11.9 Å². The molecule has 1 atom stereocenters. The first kappa shape index (κ1) is 15.4. The van der Waals surface area contributed by atoms with E-state index in [0.717, 1.165) is 6.20 Å². The number of carbonyl (C=O) groups excluding carboxylic acids is 2. The topological polar surface area (TPSA) is 143 Å². The molecule has 0 aromatic rings. The van der Waals surface area contributed by atoms with Crippen molar-refractivity contribution in [2.75, 3.05) is 6.61 Å². The van der Waals surface area contributed by atoms with E-state index in [1.165, 1.54) is 0 Å². The number of carbonyl (C=O) groups is 3. The highest BCUT2D eigenvalue weighted by Crippen LogP contribution is 1.98. The molecule has 98 valence electrons. The normalized spacial score (nSPS) is 12.1. The van der Waals surface area contributed by atoms with Gasteiger partial charge in [0.25, 0.3) is 0 Å². The third kappa shape index (κ3) is 5.50. The van der Waals surface area contributed by atoms with Crippen LogP contribution in [0.3, 0.4) is 0 Å². The van der Waals surface area contributed by atoms with Crippen molar-refractivity contribution in [2.24, 2.45) is 5.73 Å². The molecule has 0 fully saturated rings. The second-order valence-electron chi connectivity index (χ2n) is 3.12. The van der Waals surface area contributed by atoms with E-state index in [4.69, 9.17) is 16.1 Å². The number of ether oxygens (including phenoxy) is 1. The molecular weight excluding hydrogens is 242 g/mol. The summed E-state index contributed by atoms with van der Waals surface area (Å²) in [5.74, 6) is -3.03. The van der Waals surface area contributed by atoms with Gasteiger partial charge in [-0.05, 0) is 6.92 Å². The van der Waals surface area contributed by atoms with Gasteiger partial charge < -0.3 is 20.9 Å². The van der Waals surface area contributed by atoms with Crippen molar-refractivity contribution in [1.82, 2.24) is 5.32 Å². The van der Waals surface area contributed by atoms with E-state index in [-0.39, 0.29) is 6.61 Å². The molecule has 0 heterocycles. The Labute approximate surface area is 103 Å². The zero-order valence-electron chi connectivity index (χ0n) is 9.67. The highest BCUT2D eigenvalue weighted by Gasteiger charge is 2.19. The lowest BCUT2D eigenvalue weighted by molar-refractivity contribution is -0.141. The van der Waals surface area contributed by atoms with Crippen molar-refractivity contribution >= 4 is 17.8 Å². The first-order valence-electron chi connectivity index (χ1n) is 4.96. The lowest BCUT2D eigenvalue weighted by Gasteiger charge is -2.10. The number of rotatable bonds is 7. The summed E-state index contributed by atoms with van der Waals surface area (Å²) in [5, 5.41) is 19.7. The highest BCUT2D eigenvalue weighted by molar-refractivity contribution is 5.92. The summed E-state index contributed by atoms with van der Waals surface area (Å²) in [6, 6.07) is 0.244. The van der Waals surface area contributed by atoms with Gasteiger partial charge in [0.2, 0.25) is 5.91 Å². The van der Waals surface area contributed by atoms with Crippen molar-refractivity contribution in [3.8, 4) is 6.07 Å². The van der Waals surface area contributed by atoms with Crippen molar-refractivity contribution in [1.29, 1.82) is 5.26 Å². The average molecular weight is 255 g/mol. The Morgan fingerprint density at radius 3 is 2.56 bits per heavy atom. The summed E-state index contributed by atoms with van der Waals surface area (Å²) in [5.41, 5.74) is 4.46. The van der Waals surface area contributed by atoms with Gasteiger partial charge in [0.1, 0.15) is 12.1 Å². The quantitative estimate of drug-likeness (QED) is 0.297. The molecule has 8 heteroatoms. The highest BCUT2D eigenvalue weighted by atomic mass is 16.5. The minimum absolute atomic E-state index is 0.0848. The molecule has 0 aliphatic carbocycles. The third-order valence-electron chi connectivity index (χ3n) is 1.75. The van der Waals surface area contributed by atoms with Crippen LogP contribution in [0.1, 0.15) is 13.3 Å². The van der Waals surface area contributed by atoms with Gasteiger partial charge in [-0.1, -0.05) is 0 Å². The number of nitrogens with zero attached hydrogens (tertiary/aromatic N) is 1. The molecule has 0 bridgehead atoms. The number of aliphatic carboxylic acids is 1. The number of nitriles is 1. The minimum atomic E-state index is -1.33. The maximum absolute atomic E-state index is 11.2. The van der Waals surface area contributed by atoms with Crippen LogP contribution in [0.5, 0.6) is 0 Å². The van der Waals surface area contributed by atoms with E-state index < -0.39 is 35.9 Å². The number of hydrogen-bond donors (Lipinski definition) is 3. The van der Waals surface area contributed by atoms with Crippen LogP contribution in [0, 0.1) is 11.3 Å². The average Bonchev–Trinajstić information content (AvgIpc) is 2.27. The molecule has 8 nitrogen and oxygen atoms in total. The monoisotopic (exact) mass is 255 g/mol. The van der Waals surface area contributed by atoms with Crippen molar-refractivity contribution in [3.63, 3.8) is 0 Å². The molecule has 0 saturated carbocycles. The Morgan fingerprint density at radius 2 is 2.17 bits per heavy atom. The fourth-order valence-electron chi connectivity index (χ4n) is 0.948. The van der Waals surface area contributed by atoms with Crippen molar-refractivity contribution < 1.29 is 24.2 Å². The maximum Gasteiger partial charge on any atom is 0.350 e. The zero-order chi connectivity index (χ0) is 14.1. The van der Waals surface area contributed by atoms with Crippen LogP contribution in [0.25, 0.3) is 0 Å². The lowest BCUT2D eigenvalue weighted by Crippen LogP contribution is -2.37. The van der Waals surface area contributed by atoms with E-state index in [1.54, 1.807) is 13.0 Å². The Morgan fingerprint density at radius 1 is 1.56 bits per heavy atom. The summed E-state index contributed by atoms with van der Waals surface area (Å²) < 4.78 is 4.56. The van der Waals surface area contributed by atoms with Crippen LogP contribution in [0.2, 0.25) is 0 Å². The summed E-state index contributed by atoms with van der Waals surface area (Å²) >= 11 is 0. The Bertz CT molecular complexity index is 410. The summed E-state index contributed by atoms with van der Waals surface area (Å²) in [6.07, 6.45) is 0.424. The molecule has 0 aromatic heterocycles. The zero-order valence-corrected chi connectivity index (χ0v) is 9.67. The molecule has 0 aliphatic heterocycles. The number of hydrogen-bond acceptors (Lipinski definition) is 6. The number of esters is 1. The predicted octanol–water partition coefficient (Wildman–Crippen LogP) is -1.12. The van der Waals surface area contributed by atoms with Crippen LogP contribution >= 0.6 is 0 Å². The van der Waals surface area contributed by atoms with Gasteiger partial charge in [0.05, 0.1) is 13.0 Å². The fourth-order valence-corrected chi connectivity index (χ4v) is 0.948. The molecule has 0 aliphatic rings. The van der Waals surface area contributed by atoms with Gasteiger partial charge in [0.15, 0.2) is 5.57 Å². The number of nitrogens with one attached hydrogen (secondary N) is 1. The van der Waals surface area contributed by atoms with Gasteiger partial charge in [-0.2, -0.15) is 5.26 Å². The Hall–Kier alpha value is -2.56. The van der Waals surface area contributed by atoms with Gasteiger partial charge in [-0.25, -0.2) is 9.59 Å². The fraction of sp³-hybridized carbons (Fsp3) is 0.400. The molecule has 1 unspecified atom stereocenters. The van der Waals surface area contributed by atoms with Crippen LogP contribution in [-0.2, 0) is 19.1 Å². The predicted molar refractivity (Wildman–Crippen MR) is 58.7 cm³/mol.